The lowest BCUT2D eigenvalue weighted by atomic mass is 9.74. The van der Waals surface area contributed by atoms with Gasteiger partial charge in [0.15, 0.2) is 0 Å². The van der Waals surface area contributed by atoms with E-state index in [4.69, 9.17) is 11.6 Å². The summed E-state index contributed by atoms with van der Waals surface area (Å²) in [5, 5.41) is 12.8. The molecule has 4 rings (SSSR count). The Morgan fingerprint density at radius 3 is 2.52 bits per heavy atom. The molecule has 5 atom stereocenters. The number of fused-ring (bicyclic) bond motifs is 2. The molecule has 3 aliphatic rings. The van der Waals surface area contributed by atoms with Crippen LogP contribution < -0.4 is 10.0 Å². The topological polar surface area (TPSA) is 78.4 Å². The van der Waals surface area contributed by atoms with Gasteiger partial charge in [-0.3, -0.25) is 4.79 Å². The molecule has 2 bridgehead atoms. The first kappa shape index (κ1) is 23.0. The van der Waals surface area contributed by atoms with Gasteiger partial charge in [-0.2, -0.15) is 0 Å². The Hall–Kier alpha value is -1.16. The Bertz CT molecular complexity index is 910. The monoisotopic (exact) mass is 478 g/mol. The SMILES string of the molecule is CS(=O)NC1C[C@@H](C(=O)NC(c2c(F)ccc(Cl)c2F)C23CCC(F)(CC2)C3)CC1O. The lowest BCUT2D eigenvalue weighted by Crippen LogP contribution is -2.42. The molecule has 0 spiro atoms. The average molecular weight is 479 g/mol. The van der Waals surface area contributed by atoms with Gasteiger partial charge in [0.2, 0.25) is 5.91 Å². The van der Waals surface area contributed by atoms with Crippen LogP contribution in [0.5, 0.6) is 0 Å². The molecule has 0 radical (unpaired) electrons. The lowest BCUT2D eigenvalue weighted by molar-refractivity contribution is -0.127. The molecule has 5 nitrogen and oxygen atoms in total. The maximum atomic E-state index is 15.0. The molecule has 4 unspecified atom stereocenters. The minimum atomic E-state index is -1.38. The van der Waals surface area contributed by atoms with Crippen LogP contribution in [0.3, 0.4) is 0 Å². The van der Waals surface area contributed by atoms with Gasteiger partial charge in [0, 0.05) is 23.8 Å². The third-order valence-electron chi connectivity index (χ3n) is 7.29. The molecule has 3 saturated carbocycles. The summed E-state index contributed by atoms with van der Waals surface area (Å²) in [7, 11) is -1.36. The van der Waals surface area contributed by atoms with E-state index in [2.05, 4.69) is 10.0 Å². The fourth-order valence-electron chi connectivity index (χ4n) is 5.74. The van der Waals surface area contributed by atoms with E-state index >= 15 is 0 Å². The summed E-state index contributed by atoms with van der Waals surface area (Å²) in [6.45, 7) is 0. The van der Waals surface area contributed by atoms with Gasteiger partial charge >= 0.3 is 0 Å². The Labute approximate surface area is 186 Å². The molecule has 1 aromatic rings. The van der Waals surface area contributed by atoms with Crippen molar-refractivity contribution in [2.75, 3.05) is 6.26 Å². The van der Waals surface area contributed by atoms with Crippen LogP contribution in [0.25, 0.3) is 0 Å². The fourth-order valence-corrected chi connectivity index (χ4v) is 6.58. The van der Waals surface area contributed by atoms with Crippen molar-refractivity contribution in [2.24, 2.45) is 11.3 Å². The number of carbonyl (C=O) groups excluding carboxylic acids is 1. The highest BCUT2D eigenvalue weighted by Crippen LogP contribution is 2.63. The molecule has 3 aliphatic carbocycles. The number of benzene rings is 1. The largest absolute Gasteiger partial charge is 0.391 e. The van der Waals surface area contributed by atoms with Crippen LogP contribution >= 0.6 is 11.6 Å². The first-order chi connectivity index (χ1) is 14.5. The summed E-state index contributed by atoms with van der Waals surface area (Å²) in [6, 6.07) is 0.584. The Kier molecular flexibility index (Phi) is 6.17. The van der Waals surface area contributed by atoms with Gasteiger partial charge in [0.05, 0.1) is 28.2 Å². The zero-order valence-electron chi connectivity index (χ0n) is 17.1. The normalized spacial score (nSPS) is 36.5. The van der Waals surface area contributed by atoms with E-state index in [1.165, 1.54) is 6.26 Å². The third kappa shape index (κ3) is 4.26. The maximum Gasteiger partial charge on any atom is 0.223 e. The first-order valence-electron chi connectivity index (χ1n) is 10.4. The van der Waals surface area contributed by atoms with Gasteiger partial charge in [0.1, 0.15) is 17.3 Å². The number of hydrogen-bond donors (Lipinski definition) is 3. The predicted octanol–water partition coefficient (Wildman–Crippen LogP) is 3.47. The van der Waals surface area contributed by atoms with Crippen LogP contribution in [0.4, 0.5) is 13.2 Å². The Morgan fingerprint density at radius 1 is 1.26 bits per heavy atom. The molecule has 0 heterocycles. The van der Waals surface area contributed by atoms with Crippen molar-refractivity contribution in [1.29, 1.82) is 0 Å². The van der Waals surface area contributed by atoms with E-state index in [-0.39, 0.29) is 29.8 Å². The maximum absolute atomic E-state index is 15.0. The first-order valence-corrected chi connectivity index (χ1v) is 12.4. The second-order valence-electron chi connectivity index (χ2n) is 9.30. The highest BCUT2D eigenvalue weighted by atomic mass is 35.5. The molecule has 31 heavy (non-hydrogen) atoms. The number of rotatable bonds is 6. The smallest absolute Gasteiger partial charge is 0.223 e. The third-order valence-corrected chi connectivity index (χ3v) is 8.22. The van der Waals surface area contributed by atoms with E-state index < -0.39 is 63.7 Å². The van der Waals surface area contributed by atoms with Crippen molar-refractivity contribution in [2.45, 2.75) is 68.8 Å². The van der Waals surface area contributed by atoms with E-state index in [1.807, 2.05) is 0 Å². The summed E-state index contributed by atoms with van der Waals surface area (Å²) in [4.78, 5) is 13.1. The van der Waals surface area contributed by atoms with Gasteiger partial charge in [-0.15, -0.1) is 0 Å². The molecule has 10 heteroatoms. The van der Waals surface area contributed by atoms with Crippen molar-refractivity contribution >= 4 is 28.5 Å². The van der Waals surface area contributed by atoms with Crippen molar-refractivity contribution in [1.82, 2.24) is 10.0 Å². The lowest BCUT2D eigenvalue weighted by Gasteiger charge is -2.37. The van der Waals surface area contributed by atoms with E-state index in [9.17, 15) is 27.3 Å². The summed E-state index contributed by atoms with van der Waals surface area (Å²) in [5.74, 6) is -2.88. The van der Waals surface area contributed by atoms with Crippen LogP contribution in [-0.2, 0) is 15.8 Å². The number of alkyl halides is 1. The molecule has 1 aromatic carbocycles. The van der Waals surface area contributed by atoms with E-state index in [1.54, 1.807) is 0 Å². The quantitative estimate of drug-likeness (QED) is 0.548. The Morgan fingerprint density at radius 2 is 1.94 bits per heavy atom. The van der Waals surface area contributed by atoms with Gasteiger partial charge in [0.25, 0.3) is 0 Å². The number of hydrogen-bond acceptors (Lipinski definition) is 3. The minimum Gasteiger partial charge on any atom is -0.391 e. The van der Waals surface area contributed by atoms with Gasteiger partial charge in [-0.1, -0.05) is 11.6 Å². The molecule has 3 N–H and O–H groups in total. The predicted molar refractivity (Wildman–Crippen MR) is 111 cm³/mol. The number of halogens is 4. The highest BCUT2D eigenvalue weighted by molar-refractivity contribution is 7.82. The van der Waals surface area contributed by atoms with Crippen LogP contribution in [0.2, 0.25) is 5.02 Å². The van der Waals surface area contributed by atoms with Gasteiger partial charge in [-0.05, 0) is 62.5 Å². The summed E-state index contributed by atoms with van der Waals surface area (Å²) < 4.78 is 58.9. The number of carbonyl (C=O) groups is 1. The van der Waals surface area contributed by atoms with Gasteiger partial charge < -0.3 is 10.4 Å². The molecular weight excluding hydrogens is 453 g/mol. The number of amides is 1. The fraction of sp³-hybridized carbons (Fsp3) is 0.667. The number of aliphatic hydroxyl groups is 1. The molecule has 172 valence electrons. The standard InChI is InChI=1S/C21H26ClF3N2O3S/c1-31(30)27-14-8-11(9-15(14)28)19(29)26-18(16-13(23)3-2-12(22)17(16)24)20-4-6-21(25,10-20)7-5-20/h2-3,11,14-15,18,27-28H,4-10H2,1H3,(H,26,29)/t11-,14?,15?,18?,20?,21?,31?/m1/s1. The molecule has 0 aromatic heterocycles. The Balaban J connectivity index is 1.63. The molecular formula is C21H26ClF3N2O3S. The summed E-state index contributed by atoms with van der Waals surface area (Å²) in [6.07, 6.45) is 2.46. The van der Waals surface area contributed by atoms with Gasteiger partial charge in [-0.25, -0.2) is 22.1 Å². The minimum absolute atomic E-state index is 0.128. The molecule has 3 fully saturated rings. The summed E-state index contributed by atoms with van der Waals surface area (Å²) >= 11 is 5.91. The van der Waals surface area contributed by atoms with Crippen molar-refractivity contribution < 1.29 is 27.3 Å². The van der Waals surface area contributed by atoms with Crippen molar-refractivity contribution in [3.63, 3.8) is 0 Å². The zero-order valence-corrected chi connectivity index (χ0v) is 18.7. The number of aliphatic hydroxyl groups excluding tert-OH is 1. The summed E-state index contributed by atoms with van der Waals surface area (Å²) in [5.41, 5.74) is -2.51. The highest BCUT2D eigenvalue weighted by Gasteiger charge is 2.59. The van der Waals surface area contributed by atoms with E-state index in [0.29, 0.717) is 25.7 Å². The van der Waals surface area contributed by atoms with E-state index in [0.717, 1.165) is 12.1 Å². The van der Waals surface area contributed by atoms with Crippen LogP contribution in [0.15, 0.2) is 12.1 Å². The zero-order chi connectivity index (χ0) is 22.6. The van der Waals surface area contributed by atoms with Crippen LogP contribution in [0, 0.1) is 23.0 Å². The van der Waals surface area contributed by atoms with Crippen molar-refractivity contribution in [3.05, 3.63) is 34.4 Å². The average Bonchev–Trinajstić information content (AvgIpc) is 3.35. The molecule has 1 amide bonds. The van der Waals surface area contributed by atoms with Crippen LogP contribution in [0.1, 0.15) is 56.6 Å². The molecule has 0 saturated heterocycles. The second-order valence-corrected chi connectivity index (χ2v) is 10.9. The van der Waals surface area contributed by atoms with Crippen LogP contribution in [-0.4, -0.2) is 39.3 Å². The number of nitrogens with one attached hydrogen (secondary N) is 2. The second kappa shape index (κ2) is 8.32. The van der Waals surface area contributed by atoms with Crippen molar-refractivity contribution in [3.8, 4) is 0 Å². The molecule has 0 aliphatic heterocycles.